The molecular formula is C28H38N3O11PS. The molecule has 1 aliphatic carbocycles. The maximum Gasteiger partial charge on any atom is 0.469 e. The number of phosphoric ester groups is 1. The highest BCUT2D eigenvalue weighted by Gasteiger charge is 2.50. The third-order valence-electron chi connectivity index (χ3n) is 8.26. The van der Waals surface area contributed by atoms with Crippen molar-refractivity contribution in [2.45, 2.75) is 74.0 Å². The molecule has 2 saturated heterocycles. The molecule has 0 radical (unpaired) electrons. The second-order valence-electron chi connectivity index (χ2n) is 11.2. The first-order chi connectivity index (χ1) is 20.9. The standard InChI is InChI=1S/C28H38N3O11PS/c29-20-9-6-12-22(16-20)44(37,38)30(41-21-10-4-5-11-21)17-26(42-43(34,35)36)24(15-19-7-2-1-3-8-19)31(28(32)33)25-18-40-27-23(25)13-14-39-27/h1-3,6-9,12,16,21,23-27H,4-5,10-11,13-15,17-18,29H2,(H,32,33)(H2,34,35,36)/t23?,24-,25?,26+,27?/m0/s1. The van der Waals surface area contributed by atoms with Gasteiger partial charge in [-0.1, -0.05) is 53.7 Å². The molecule has 2 heterocycles. The zero-order valence-electron chi connectivity index (χ0n) is 24.0. The molecule has 3 fully saturated rings. The largest absolute Gasteiger partial charge is 0.469 e. The predicted molar refractivity (Wildman–Crippen MR) is 156 cm³/mol. The van der Waals surface area contributed by atoms with Gasteiger partial charge in [0, 0.05) is 11.6 Å². The molecule has 0 aromatic heterocycles. The van der Waals surface area contributed by atoms with Gasteiger partial charge in [0.15, 0.2) is 6.29 Å². The summed E-state index contributed by atoms with van der Waals surface area (Å²) in [4.78, 5) is 40.0. The summed E-state index contributed by atoms with van der Waals surface area (Å²) < 4.78 is 57.7. The number of nitrogens with two attached hydrogens (primary N) is 1. The van der Waals surface area contributed by atoms with E-state index in [-0.39, 0.29) is 29.5 Å². The number of sulfonamides is 1. The Morgan fingerprint density at radius 3 is 2.45 bits per heavy atom. The number of hydrogen-bond donors (Lipinski definition) is 4. The molecule has 3 aliphatic rings. The maximum absolute atomic E-state index is 14.0. The molecular weight excluding hydrogens is 617 g/mol. The van der Waals surface area contributed by atoms with Gasteiger partial charge in [-0.25, -0.2) is 17.8 Å². The molecule has 2 aromatic carbocycles. The molecule has 3 unspecified atom stereocenters. The lowest BCUT2D eigenvalue weighted by Gasteiger charge is -2.41. The van der Waals surface area contributed by atoms with Crippen molar-refractivity contribution in [2.75, 3.05) is 25.5 Å². The Labute approximate surface area is 255 Å². The topological polar surface area (TPSA) is 198 Å². The highest BCUT2D eigenvalue weighted by Crippen LogP contribution is 2.42. The number of nitrogen functional groups attached to an aromatic ring is 1. The van der Waals surface area contributed by atoms with Crippen molar-refractivity contribution < 1.29 is 51.5 Å². The fourth-order valence-electron chi connectivity index (χ4n) is 6.22. The molecule has 14 nitrogen and oxygen atoms in total. The number of rotatable bonds is 13. The van der Waals surface area contributed by atoms with Gasteiger partial charge < -0.3 is 30.1 Å². The van der Waals surface area contributed by atoms with Crippen molar-refractivity contribution in [2.24, 2.45) is 5.92 Å². The van der Waals surface area contributed by atoms with Crippen molar-refractivity contribution in [3.05, 3.63) is 60.2 Å². The van der Waals surface area contributed by atoms with E-state index in [1.807, 2.05) is 0 Å². The van der Waals surface area contributed by atoms with E-state index in [2.05, 4.69) is 0 Å². The number of fused-ring (bicyclic) bond motifs is 1. The smallest absolute Gasteiger partial charge is 0.465 e. The molecule has 0 bridgehead atoms. The van der Waals surface area contributed by atoms with Crippen LogP contribution in [-0.2, 0) is 39.8 Å². The summed E-state index contributed by atoms with van der Waals surface area (Å²) in [5.74, 6) is -0.332. The fourth-order valence-corrected chi connectivity index (χ4v) is 8.13. The number of amides is 1. The summed E-state index contributed by atoms with van der Waals surface area (Å²) in [5.41, 5.74) is 6.70. The fraction of sp³-hybridized carbons (Fsp3) is 0.536. The van der Waals surface area contributed by atoms with Gasteiger partial charge in [-0.05, 0) is 49.4 Å². The Kier molecular flexibility index (Phi) is 10.3. The average molecular weight is 656 g/mol. The number of hydroxylamine groups is 1. The Balaban J connectivity index is 1.58. The van der Waals surface area contributed by atoms with E-state index in [4.69, 9.17) is 24.6 Å². The first-order valence-electron chi connectivity index (χ1n) is 14.5. The van der Waals surface area contributed by atoms with E-state index in [0.29, 0.717) is 35.9 Å². The SMILES string of the molecule is Nc1cccc(S(=O)(=O)N(C[C@@H](OP(=O)(O)O)[C@H](Cc2ccccc2)N(C(=O)O)C2COC3OCCC32)OC2CCCC2)c1. The van der Waals surface area contributed by atoms with Gasteiger partial charge in [0.1, 0.15) is 6.10 Å². The Morgan fingerprint density at radius 2 is 1.80 bits per heavy atom. The quantitative estimate of drug-likeness (QED) is 0.140. The van der Waals surface area contributed by atoms with Crippen LogP contribution >= 0.6 is 7.82 Å². The number of anilines is 1. The number of benzene rings is 2. The minimum Gasteiger partial charge on any atom is -0.465 e. The Bertz CT molecular complexity index is 1440. The molecule has 16 heteroatoms. The minimum absolute atomic E-state index is 0.0145. The molecule has 0 spiro atoms. The van der Waals surface area contributed by atoms with E-state index >= 15 is 0 Å². The lowest BCUT2D eigenvalue weighted by molar-refractivity contribution is -0.147. The van der Waals surface area contributed by atoms with Gasteiger partial charge in [0.25, 0.3) is 10.0 Å². The summed E-state index contributed by atoms with van der Waals surface area (Å²) in [7, 11) is -9.76. The average Bonchev–Trinajstić information content (AvgIpc) is 3.72. The lowest BCUT2D eigenvalue weighted by Crippen LogP contribution is -2.58. The summed E-state index contributed by atoms with van der Waals surface area (Å²) in [6.45, 7) is -0.371. The third kappa shape index (κ3) is 7.79. The van der Waals surface area contributed by atoms with Crippen molar-refractivity contribution in [1.82, 2.24) is 9.37 Å². The summed E-state index contributed by atoms with van der Waals surface area (Å²) in [6.07, 6.45) is -0.919. The highest BCUT2D eigenvalue weighted by molar-refractivity contribution is 7.89. The highest BCUT2D eigenvalue weighted by atomic mass is 32.2. The zero-order chi connectivity index (χ0) is 31.5. The minimum atomic E-state index is -5.30. The van der Waals surface area contributed by atoms with Crippen LogP contribution < -0.4 is 5.73 Å². The van der Waals surface area contributed by atoms with Gasteiger partial charge in [-0.2, -0.15) is 0 Å². The number of ether oxygens (including phenoxy) is 2. The normalized spacial score (nSPS) is 23.9. The summed E-state index contributed by atoms with van der Waals surface area (Å²) >= 11 is 0. The van der Waals surface area contributed by atoms with Crippen LogP contribution in [-0.4, -0.2) is 89.1 Å². The lowest BCUT2D eigenvalue weighted by atomic mass is 9.93. The molecule has 2 aromatic rings. The number of nitrogens with zero attached hydrogens (tertiary/aromatic N) is 2. The molecule has 5 atom stereocenters. The second kappa shape index (κ2) is 13.8. The molecule has 2 aliphatic heterocycles. The first kappa shape index (κ1) is 32.8. The predicted octanol–water partition coefficient (Wildman–Crippen LogP) is 2.96. The molecule has 5 rings (SSSR count). The van der Waals surface area contributed by atoms with Crippen LogP contribution in [0.1, 0.15) is 37.7 Å². The molecule has 242 valence electrons. The van der Waals surface area contributed by atoms with Crippen molar-refractivity contribution in [3.63, 3.8) is 0 Å². The Hall–Kier alpha value is -2.59. The van der Waals surface area contributed by atoms with Crippen LogP contribution in [0.25, 0.3) is 0 Å². The van der Waals surface area contributed by atoms with Crippen LogP contribution in [0.2, 0.25) is 0 Å². The van der Waals surface area contributed by atoms with Crippen LogP contribution in [0.3, 0.4) is 0 Å². The second-order valence-corrected chi connectivity index (χ2v) is 14.3. The van der Waals surface area contributed by atoms with Gasteiger partial charge in [0.05, 0.1) is 42.8 Å². The summed E-state index contributed by atoms with van der Waals surface area (Å²) in [5, 5.41) is 10.6. The van der Waals surface area contributed by atoms with Gasteiger partial charge in [-0.15, -0.1) is 0 Å². The van der Waals surface area contributed by atoms with E-state index < -0.39 is 61.1 Å². The van der Waals surface area contributed by atoms with Crippen molar-refractivity contribution in [3.8, 4) is 0 Å². The van der Waals surface area contributed by atoms with Crippen LogP contribution in [0.4, 0.5) is 10.5 Å². The number of carboxylic acid groups (broad SMARTS) is 1. The van der Waals surface area contributed by atoms with Crippen LogP contribution in [0.5, 0.6) is 0 Å². The zero-order valence-corrected chi connectivity index (χ0v) is 25.7. The van der Waals surface area contributed by atoms with E-state index in [1.165, 1.54) is 24.3 Å². The van der Waals surface area contributed by atoms with Crippen LogP contribution in [0, 0.1) is 5.92 Å². The van der Waals surface area contributed by atoms with Gasteiger partial charge in [0.2, 0.25) is 0 Å². The first-order valence-corrected chi connectivity index (χ1v) is 17.5. The van der Waals surface area contributed by atoms with E-state index in [0.717, 1.165) is 17.7 Å². The summed E-state index contributed by atoms with van der Waals surface area (Å²) in [6, 6.07) is 12.3. The number of hydrogen-bond acceptors (Lipinski definition) is 9. The third-order valence-corrected chi connectivity index (χ3v) is 10.4. The maximum atomic E-state index is 14.0. The van der Waals surface area contributed by atoms with E-state index in [9.17, 15) is 32.7 Å². The van der Waals surface area contributed by atoms with Gasteiger partial charge >= 0.3 is 13.9 Å². The number of phosphoric acid groups is 1. The monoisotopic (exact) mass is 655 g/mol. The van der Waals surface area contributed by atoms with E-state index in [1.54, 1.807) is 30.3 Å². The van der Waals surface area contributed by atoms with Crippen molar-refractivity contribution >= 4 is 29.6 Å². The molecule has 1 amide bonds. The van der Waals surface area contributed by atoms with Gasteiger partial charge in [-0.3, -0.25) is 14.3 Å². The van der Waals surface area contributed by atoms with Crippen LogP contribution in [0.15, 0.2) is 59.5 Å². The molecule has 44 heavy (non-hydrogen) atoms. The van der Waals surface area contributed by atoms with Crippen molar-refractivity contribution in [1.29, 1.82) is 0 Å². The molecule has 5 N–H and O–H groups in total. The number of carbonyl (C=O) groups is 1. The molecule has 1 saturated carbocycles. The Morgan fingerprint density at radius 1 is 1.07 bits per heavy atom.